The smallest absolute Gasteiger partial charge is 0.0530 e. The van der Waals surface area contributed by atoms with Crippen LogP contribution >= 0.6 is 11.6 Å². The first-order valence-electron chi connectivity index (χ1n) is 10.2. The van der Waals surface area contributed by atoms with Crippen LogP contribution in [0.1, 0.15) is 22.7 Å². The molecule has 1 aliphatic heterocycles. The Balaban J connectivity index is 1.39. The minimum absolute atomic E-state index is 0.262. The zero-order valence-electron chi connectivity index (χ0n) is 16.7. The van der Waals surface area contributed by atoms with Crippen LogP contribution in [0.3, 0.4) is 0 Å². The fourth-order valence-corrected chi connectivity index (χ4v) is 4.19. The first-order chi connectivity index (χ1) is 14.2. The van der Waals surface area contributed by atoms with Crippen molar-refractivity contribution in [1.82, 2.24) is 4.90 Å². The summed E-state index contributed by atoms with van der Waals surface area (Å²) in [6, 6.07) is 28.0. The van der Waals surface area contributed by atoms with Gasteiger partial charge in [-0.15, -0.1) is 6.58 Å². The number of benzene rings is 3. The van der Waals surface area contributed by atoms with Crippen LogP contribution in [-0.4, -0.2) is 31.1 Å². The van der Waals surface area contributed by atoms with E-state index in [9.17, 15) is 0 Å². The zero-order valence-corrected chi connectivity index (χ0v) is 17.4. The molecule has 29 heavy (non-hydrogen) atoms. The second-order valence-electron chi connectivity index (χ2n) is 7.58. The molecule has 1 heterocycles. The lowest BCUT2D eigenvalue weighted by molar-refractivity contribution is 0.218. The summed E-state index contributed by atoms with van der Waals surface area (Å²) < 4.78 is 0. The molecule has 0 amide bonds. The van der Waals surface area contributed by atoms with Crippen molar-refractivity contribution in [1.29, 1.82) is 0 Å². The van der Waals surface area contributed by atoms with Gasteiger partial charge in [-0.1, -0.05) is 72.3 Å². The topological polar surface area (TPSA) is 6.48 Å². The number of anilines is 1. The molecular weight excluding hydrogens is 376 g/mol. The number of para-hydroxylation sites is 1. The van der Waals surface area contributed by atoms with Gasteiger partial charge in [-0.3, -0.25) is 4.90 Å². The first-order valence-corrected chi connectivity index (χ1v) is 10.6. The lowest BCUT2D eigenvalue weighted by atomic mass is 9.99. The number of rotatable bonds is 6. The van der Waals surface area contributed by atoms with Gasteiger partial charge >= 0.3 is 0 Å². The minimum atomic E-state index is 0.262. The van der Waals surface area contributed by atoms with Crippen LogP contribution in [0.15, 0.2) is 91.5 Å². The molecule has 1 atom stereocenters. The van der Waals surface area contributed by atoms with Crippen molar-refractivity contribution in [3.05, 3.63) is 113 Å². The summed E-state index contributed by atoms with van der Waals surface area (Å²) >= 11 is 5.99. The molecule has 0 bridgehead atoms. The normalized spacial score (nSPS) is 15.8. The van der Waals surface area contributed by atoms with Crippen molar-refractivity contribution < 1.29 is 0 Å². The molecule has 1 fully saturated rings. The largest absolute Gasteiger partial charge is 0.369 e. The van der Waals surface area contributed by atoms with Crippen molar-refractivity contribution in [2.45, 2.75) is 12.5 Å². The second kappa shape index (κ2) is 9.30. The fourth-order valence-electron chi connectivity index (χ4n) is 4.06. The number of halogens is 1. The Bertz CT molecular complexity index is 911. The van der Waals surface area contributed by atoms with Gasteiger partial charge in [0.15, 0.2) is 0 Å². The molecule has 0 N–H and O–H groups in total. The van der Waals surface area contributed by atoms with E-state index in [0.717, 1.165) is 37.6 Å². The standard InChI is InChI=1S/C26H27ClN2/c1-2-26(29-18-16-28(17-19-29)25-6-4-3-5-7-25)23-12-8-21(9-13-23)20-22-10-14-24(27)15-11-22/h2-15,26H,1,16-20H2. The third kappa shape index (κ3) is 4.90. The summed E-state index contributed by atoms with van der Waals surface area (Å²) in [4.78, 5) is 4.99. The van der Waals surface area contributed by atoms with E-state index in [1.807, 2.05) is 12.1 Å². The molecule has 3 heteroatoms. The third-order valence-corrected chi connectivity index (χ3v) is 5.95. The van der Waals surface area contributed by atoms with Gasteiger partial charge in [-0.05, 0) is 47.4 Å². The fraction of sp³-hybridized carbons (Fsp3) is 0.231. The highest BCUT2D eigenvalue weighted by Gasteiger charge is 2.23. The molecule has 3 aromatic carbocycles. The monoisotopic (exact) mass is 402 g/mol. The van der Waals surface area contributed by atoms with Gasteiger partial charge in [-0.2, -0.15) is 0 Å². The third-order valence-electron chi connectivity index (χ3n) is 5.70. The number of nitrogens with zero attached hydrogens (tertiary/aromatic N) is 2. The first kappa shape index (κ1) is 19.8. The van der Waals surface area contributed by atoms with Crippen LogP contribution in [0, 0.1) is 0 Å². The maximum atomic E-state index is 5.99. The van der Waals surface area contributed by atoms with E-state index in [0.29, 0.717) is 0 Å². The minimum Gasteiger partial charge on any atom is -0.369 e. The van der Waals surface area contributed by atoms with E-state index in [4.69, 9.17) is 11.6 Å². The molecule has 148 valence electrons. The molecule has 0 aromatic heterocycles. The zero-order chi connectivity index (χ0) is 20.1. The van der Waals surface area contributed by atoms with Crippen LogP contribution in [0.25, 0.3) is 0 Å². The van der Waals surface area contributed by atoms with Gasteiger partial charge in [0.1, 0.15) is 0 Å². The predicted molar refractivity (Wildman–Crippen MR) is 124 cm³/mol. The van der Waals surface area contributed by atoms with Gasteiger partial charge in [0, 0.05) is 36.9 Å². The molecule has 4 rings (SSSR count). The Labute approximate surface area is 179 Å². The Morgan fingerprint density at radius 3 is 1.97 bits per heavy atom. The molecule has 0 aliphatic carbocycles. The Morgan fingerprint density at radius 1 is 0.793 bits per heavy atom. The van der Waals surface area contributed by atoms with Crippen molar-refractivity contribution in [2.24, 2.45) is 0 Å². The maximum absolute atomic E-state index is 5.99. The Kier molecular flexibility index (Phi) is 6.33. The van der Waals surface area contributed by atoms with Crippen molar-refractivity contribution in [3.63, 3.8) is 0 Å². The Hall–Kier alpha value is -2.55. The molecule has 0 spiro atoms. The molecule has 0 radical (unpaired) electrons. The van der Waals surface area contributed by atoms with Crippen LogP contribution < -0.4 is 4.90 Å². The molecular formula is C26H27ClN2. The van der Waals surface area contributed by atoms with Gasteiger partial charge in [0.25, 0.3) is 0 Å². The molecule has 3 aromatic rings. The quantitative estimate of drug-likeness (QED) is 0.468. The molecule has 1 unspecified atom stereocenters. The van der Waals surface area contributed by atoms with Crippen molar-refractivity contribution >= 4 is 17.3 Å². The number of hydrogen-bond acceptors (Lipinski definition) is 2. The number of piperazine rings is 1. The Morgan fingerprint density at radius 2 is 1.38 bits per heavy atom. The average molecular weight is 403 g/mol. The summed E-state index contributed by atoms with van der Waals surface area (Å²) in [6.07, 6.45) is 3.00. The van der Waals surface area contributed by atoms with Gasteiger partial charge in [0.2, 0.25) is 0 Å². The SMILES string of the molecule is C=CC(c1ccc(Cc2ccc(Cl)cc2)cc1)N1CCN(c2ccccc2)CC1. The summed E-state index contributed by atoms with van der Waals surface area (Å²) in [7, 11) is 0. The molecule has 0 saturated carbocycles. The lowest BCUT2D eigenvalue weighted by Gasteiger charge is -2.39. The van der Waals surface area contributed by atoms with Crippen LogP contribution in [0.4, 0.5) is 5.69 Å². The van der Waals surface area contributed by atoms with Crippen molar-refractivity contribution in [3.8, 4) is 0 Å². The van der Waals surface area contributed by atoms with E-state index in [1.165, 1.54) is 22.4 Å². The summed E-state index contributed by atoms with van der Waals surface area (Å²) in [5.74, 6) is 0. The summed E-state index contributed by atoms with van der Waals surface area (Å²) in [5, 5.41) is 0.783. The van der Waals surface area contributed by atoms with Crippen LogP contribution in [0.5, 0.6) is 0 Å². The van der Waals surface area contributed by atoms with E-state index >= 15 is 0 Å². The van der Waals surface area contributed by atoms with E-state index < -0.39 is 0 Å². The van der Waals surface area contributed by atoms with Crippen molar-refractivity contribution in [2.75, 3.05) is 31.1 Å². The van der Waals surface area contributed by atoms with Gasteiger partial charge in [0.05, 0.1) is 6.04 Å². The average Bonchev–Trinajstić information content (AvgIpc) is 2.78. The summed E-state index contributed by atoms with van der Waals surface area (Å²) in [6.45, 7) is 8.29. The van der Waals surface area contributed by atoms with E-state index in [-0.39, 0.29) is 6.04 Å². The highest BCUT2D eigenvalue weighted by Crippen LogP contribution is 2.26. The molecule has 2 nitrogen and oxygen atoms in total. The summed E-state index contributed by atoms with van der Waals surface area (Å²) in [5.41, 5.74) is 5.22. The van der Waals surface area contributed by atoms with E-state index in [2.05, 4.69) is 89.2 Å². The van der Waals surface area contributed by atoms with Crippen LogP contribution in [0.2, 0.25) is 5.02 Å². The highest BCUT2D eigenvalue weighted by atomic mass is 35.5. The van der Waals surface area contributed by atoms with Gasteiger partial charge < -0.3 is 4.90 Å². The van der Waals surface area contributed by atoms with E-state index in [1.54, 1.807) is 0 Å². The maximum Gasteiger partial charge on any atom is 0.0530 e. The second-order valence-corrected chi connectivity index (χ2v) is 8.02. The molecule has 1 saturated heterocycles. The number of hydrogen-bond donors (Lipinski definition) is 0. The predicted octanol–water partition coefficient (Wildman–Crippen LogP) is 5.98. The molecule has 1 aliphatic rings. The van der Waals surface area contributed by atoms with Gasteiger partial charge in [-0.25, -0.2) is 0 Å². The lowest BCUT2D eigenvalue weighted by Crippen LogP contribution is -2.47. The van der Waals surface area contributed by atoms with Crippen LogP contribution in [-0.2, 0) is 6.42 Å². The highest BCUT2D eigenvalue weighted by molar-refractivity contribution is 6.30.